The molecule has 1 heterocycles. The van der Waals surface area contributed by atoms with E-state index < -0.39 is 0 Å². The summed E-state index contributed by atoms with van der Waals surface area (Å²) in [6.07, 6.45) is 1.78. The van der Waals surface area contributed by atoms with Crippen molar-refractivity contribution in [3.63, 3.8) is 0 Å². The number of pyridine rings is 1. The normalized spacial score (nSPS) is 10.8. The van der Waals surface area contributed by atoms with Crippen molar-refractivity contribution in [3.8, 4) is 0 Å². The van der Waals surface area contributed by atoms with Gasteiger partial charge in [-0.05, 0) is 44.4 Å². The third-order valence-electron chi connectivity index (χ3n) is 4.54. The van der Waals surface area contributed by atoms with Crippen molar-refractivity contribution >= 4 is 11.8 Å². The van der Waals surface area contributed by atoms with Crippen LogP contribution in [0.15, 0.2) is 48.5 Å². The van der Waals surface area contributed by atoms with E-state index in [9.17, 15) is 9.59 Å². The Kier molecular flexibility index (Phi) is 8.18. The van der Waals surface area contributed by atoms with Gasteiger partial charge in [0.25, 0.3) is 11.8 Å². The van der Waals surface area contributed by atoms with Crippen molar-refractivity contribution in [2.24, 2.45) is 0 Å². The summed E-state index contributed by atoms with van der Waals surface area (Å²) in [4.78, 5) is 34.0. The molecule has 0 aliphatic carbocycles. The Morgan fingerprint density at radius 2 is 1.43 bits per heavy atom. The number of aromatic nitrogens is 1. The van der Waals surface area contributed by atoms with Gasteiger partial charge < -0.3 is 9.80 Å². The van der Waals surface area contributed by atoms with Crippen LogP contribution in [0.2, 0.25) is 0 Å². The fourth-order valence-electron chi connectivity index (χ4n) is 3.11. The van der Waals surface area contributed by atoms with Crippen molar-refractivity contribution < 1.29 is 9.59 Å². The lowest BCUT2D eigenvalue weighted by molar-refractivity contribution is 0.0683. The minimum absolute atomic E-state index is 0.0190. The maximum Gasteiger partial charge on any atom is 0.273 e. The molecule has 5 heteroatoms. The van der Waals surface area contributed by atoms with Crippen LogP contribution in [0.5, 0.6) is 0 Å². The van der Waals surface area contributed by atoms with E-state index in [2.05, 4.69) is 4.98 Å². The highest BCUT2D eigenvalue weighted by atomic mass is 16.2. The van der Waals surface area contributed by atoms with Gasteiger partial charge in [0.2, 0.25) is 0 Å². The third-order valence-corrected chi connectivity index (χ3v) is 4.54. The quantitative estimate of drug-likeness (QED) is 0.647. The molecule has 0 saturated heterocycles. The van der Waals surface area contributed by atoms with Crippen molar-refractivity contribution in [1.29, 1.82) is 0 Å². The SMILES string of the molecule is CCCN(CCC)C(=O)c1cccc(C(=O)N(Cc2ccccc2)C(C)C)n1. The smallest absolute Gasteiger partial charge is 0.273 e. The van der Waals surface area contributed by atoms with Crippen LogP contribution < -0.4 is 0 Å². The van der Waals surface area contributed by atoms with Gasteiger partial charge in [-0.3, -0.25) is 9.59 Å². The number of hydrogen-bond acceptors (Lipinski definition) is 3. The van der Waals surface area contributed by atoms with Gasteiger partial charge in [-0.2, -0.15) is 0 Å². The lowest BCUT2D eigenvalue weighted by Gasteiger charge is -2.27. The number of hydrogen-bond donors (Lipinski definition) is 0. The summed E-state index contributed by atoms with van der Waals surface area (Å²) >= 11 is 0. The Hall–Kier alpha value is -2.69. The van der Waals surface area contributed by atoms with E-state index >= 15 is 0 Å². The van der Waals surface area contributed by atoms with Gasteiger partial charge >= 0.3 is 0 Å². The number of carbonyl (C=O) groups is 2. The molecule has 0 radical (unpaired) electrons. The van der Waals surface area contributed by atoms with Crippen LogP contribution in [0.3, 0.4) is 0 Å². The molecule has 0 aliphatic heterocycles. The van der Waals surface area contributed by atoms with Crippen LogP contribution in [-0.2, 0) is 6.54 Å². The van der Waals surface area contributed by atoms with Gasteiger partial charge in [0.1, 0.15) is 11.4 Å². The molecule has 0 N–H and O–H groups in total. The zero-order valence-electron chi connectivity index (χ0n) is 17.4. The van der Waals surface area contributed by atoms with Gasteiger partial charge in [0.05, 0.1) is 0 Å². The highest BCUT2D eigenvalue weighted by Crippen LogP contribution is 2.14. The molecule has 0 aliphatic rings. The second kappa shape index (κ2) is 10.6. The Labute approximate surface area is 168 Å². The molecule has 2 aromatic rings. The fourth-order valence-corrected chi connectivity index (χ4v) is 3.11. The van der Waals surface area contributed by atoms with Crippen LogP contribution in [0.1, 0.15) is 67.1 Å². The fraction of sp³-hybridized carbons (Fsp3) is 0.435. The van der Waals surface area contributed by atoms with Crippen LogP contribution >= 0.6 is 0 Å². The molecule has 2 amide bonds. The van der Waals surface area contributed by atoms with Crippen LogP contribution in [-0.4, -0.2) is 45.7 Å². The summed E-state index contributed by atoms with van der Waals surface area (Å²) in [5.74, 6) is -0.274. The Balaban J connectivity index is 2.24. The molecule has 28 heavy (non-hydrogen) atoms. The lowest BCUT2D eigenvalue weighted by atomic mass is 10.1. The topological polar surface area (TPSA) is 53.5 Å². The highest BCUT2D eigenvalue weighted by Gasteiger charge is 2.22. The molecule has 0 saturated carbocycles. The summed E-state index contributed by atoms with van der Waals surface area (Å²) in [7, 11) is 0. The number of amides is 2. The zero-order valence-corrected chi connectivity index (χ0v) is 17.4. The van der Waals surface area contributed by atoms with Gasteiger partial charge in [-0.25, -0.2) is 4.98 Å². The zero-order chi connectivity index (χ0) is 20.5. The maximum absolute atomic E-state index is 13.1. The second-order valence-corrected chi connectivity index (χ2v) is 7.21. The molecule has 5 nitrogen and oxygen atoms in total. The number of benzene rings is 1. The largest absolute Gasteiger partial charge is 0.337 e. The van der Waals surface area contributed by atoms with Crippen molar-refractivity contribution in [3.05, 3.63) is 65.5 Å². The Morgan fingerprint density at radius 3 is 1.96 bits per heavy atom. The molecular weight excluding hydrogens is 350 g/mol. The first-order chi connectivity index (χ1) is 13.5. The highest BCUT2D eigenvalue weighted by molar-refractivity contribution is 5.96. The standard InChI is InChI=1S/C23H31N3O2/c1-5-15-25(16-6-2)22(27)20-13-10-14-21(24-20)23(28)26(18(3)4)17-19-11-8-7-9-12-19/h7-14,18H,5-6,15-17H2,1-4H3. The van der Waals surface area contributed by atoms with E-state index in [0.717, 1.165) is 18.4 Å². The minimum Gasteiger partial charge on any atom is -0.337 e. The first kappa shape index (κ1) is 21.6. The van der Waals surface area contributed by atoms with Crippen LogP contribution in [0.4, 0.5) is 0 Å². The summed E-state index contributed by atoms with van der Waals surface area (Å²) in [6.45, 7) is 9.97. The number of rotatable bonds is 9. The first-order valence-electron chi connectivity index (χ1n) is 10.1. The van der Waals surface area contributed by atoms with Crippen molar-refractivity contribution in [1.82, 2.24) is 14.8 Å². The van der Waals surface area contributed by atoms with E-state index in [1.165, 1.54) is 0 Å². The maximum atomic E-state index is 13.1. The molecule has 150 valence electrons. The van der Waals surface area contributed by atoms with E-state index in [0.29, 0.717) is 31.0 Å². The molecular formula is C23H31N3O2. The predicted molar refractivity (Wildman–Crippen MR) is 112 cm³/mol. The van der Waals surface area contributed by atoms with Gasteiger partial charge in [0.15, 0.2) is 0 Å². The molecule has 2 rings (SSSR count). The average molecular weight is 382 g/mol. The Morgan fingerprint density at radius 1 is 0.857 bits per heavy atom. The molecule has 0 atom stereocenters. The molecule has 1 aromatic heterocycles. The van der Waals surface area contributed by atoms with E-state index in [1.54, 1.807) is 28.0 Å². The predicted octanol–water partition coefficient (Wildman–Crippen LogP) is 4.39. The Bertz CT molecular complexity index is 768. The molecule has 0 unspecified atom stereocenters. The van der Waals surface area contributed by atoms with Crippen LogP contribution in [0, 0.1) is 0 Å². The number of nitrogens with zero attached hydrogens (tertiary/aromatic N) is 3. The van der Waals surface area contributed by atoms with Gasteiger partial charge in [-0.15, -0.1) is 0 Å². The lowest BCUT2D eigenvalue weighted by Crippen LogP contribution is -2.37. The minimum atomic E-state index is -0.161. The third kappa shape index (κ3) is 5.65. The summed E-state index contributed by atoms with van der Waals surface area (Å²) in [6, 6.07) is 15.0. The van der Waals surface area contributed by atoms with Gasteiger partial charge in [0, 0.05) is 25.7 Å². The molecule has 0 bridgehead atoms. The molecule has 1 aromatic carbocycles. The molecule has 0 spiro atoms. The molecule has 0 fully saturated rings. The first-order valence-corrected chi connectivity index (χ1v) is 10.1. The number of carbonyl (C=O) groups excluding carboxylic acids is 2. The summed E-state index contributed by atoms with van der Waals surface area (Å²) in [5.41, 5.74) is 1.70. The van der Waals surface area contributed by atoms with Crippen molar-refractivity contribution in [2.45, 2.75) is 53.1 Å². The van der Waals surface area contributed by atoms with E-state index in [1.807, 2.05) is 58.0 Å². The summed E-state index contributed by atoms with van der Waals surface area (Å²) in [5, 5.41) is 0. The van der Waals surface area contributed by atoms with Gasteiger partial charge in [-0.1, -0.05) is 50.2 Å². The van der Waals surface area contributed by atoms with Crippen LogP contribution in [0.25, 0.3) is 0 Å². The summed E-state index contributed by atoms with van der Waals surface area (Å²) < 4.78 is 0. The monoisotopic (exact) mass is 381 g/mol. The second-order valence-electron chi connectivity index (χ2n) is 7.21. The van der Waals surface area contributed by atoms with E-state index in [-0.39, 0.29) is 17.9 Å². The van der Waals surface area contributed by atoms with Crippen molar-refractivity contribution in [2.75, 3.05) is 13.1 Å². The average Bonchev–Trinajstić information content (AvgIpc) is 2.71. The van der Waals surface area contributed by atoms with E-state index in [4.69, 9.17) is 0 Å².